The predicted molar refractivity (Wildman–Crippen MR) is 116 cm³/mol. The summed E-state index contributed by atoms with van der Waals surface area (Å²) in [6, 6.07) is 8.41. The molecule has 0 aromatic carbocycles. The lowest BCUT2D eigenvalue weighted by Gasteiger charge is -2.36. The maximum absolute atomic E-state index is 4.44. The summed E-state index contributed by atoms with van der Waals surface area (Å²) < 4.78 is 0. The van der Waals surface area contributed by atoms with Gasteiger partial charge in [-0.1, -0.05) is 12.1 Å². The molecule has 0 atom stereocenters. The van der Waals surface area contributed by atoms with Crippen LogP contribution in [-0.4, -0.2) is 54.0 Å². The Morgan fingerprint density at radius 1 is 1.24 bits per heavy atom. The minimum Gasteiger partial charge on any atom is -0.351 e. The van der Waals surface area contributed by atoms with E-state index in [-0.39, 0.29) is 24.0 Å². The molecule has 7 heteroatoms. The van der Waals surface area contributed by atoms with Gasteiger partial charge in [-0.3, -0.25) is 14.9 Å². The predicted octanol–water partition coefficient (Wildman–Crippen LogP) is 2.96. The van der Waals surface area contributed by atoms with E-state index in [2.05, 4.69) is 55.6 Å². The van der Waals surface area contributed by atoms with Gasteiger partial charge in [0.25, 0.3) is 0 Å². The van der Waals surface area contributed by atoms with Crippen molar-refractivity contribution in [3.05, 3.63) is 52.0 Å². The molecular formula is C18H26IN5S. The highest BCUT2D eigenvalue weighted by molar-refractivity contribution is 14.0. The summed E-state index contributed by atoms with van der Waals surface area (Å²) in [5.41, 5.74) is 2.29. The van der Waals surface area contributed by atoms with E-state index in [1.54, 1.807) is 0 Å². The van der Waals surface area contributed by atoms with Crippen molar-refractivity contribution in [3.63, 3.8) is 0 Å². The number of aliphatic imine (C=N–C) groups is 1. The molecular weight excluding hydrogens is 445 g/mol. The summed E-state index contributed by atoms with van der Waals surface area (Å²) in [5, 5.41) is 5.60. The van der Waals surface area contributed by atoms with Gasteiger partial charge in [-0.15, -0.1) is 35.3 Å². The van der Waals surface area contributed by atoms with Crippen LogP contribution in [-0.2, 0) is 13.1 Å². The van der Waals surface area contributed by atoms with Crippen LogP contribution in [0.2, 0.25) is 0 Å². The molecule has 1 saturated heterocycles. The molecule has 2 aromatic rings. The number of nitrogens with zero attached hydrogens (tertiary/aromatic N) is 4. The van der Waals surface area contributed by atoms with Crippen LogP contribution in [0, 0.1) is 6.92 Å². The third-order valence-electron chi connectivity index (χ3n) is 4.37. The fourth-order valence-electron chi connectivity index (χ4n) is 2.94. The smallest absolute Gasteiger partial charge is 0.194 e. The van der Waals surface area contributed by atoms with E-state index in [0.29, 0.717) is 0 Å². The molecule has 25 heavy (non-hydrogen) atoms. The standard InChI is InChI=1S/C18H25N5S.HI/c1-15-5-3-7-20-17(15)13-21-18(19-2)23-10-8-22(9-11-23)14-16-6-4-12-24-16;/h3-7,12H,8-11,13-14H2,1-2H3,(H,19,21);1H. The summed E-state index contributed by atoms with van der Waals surface area (Å²) >= 11 is 1.84. The molecule has 1 N–H and O–H groups in total. The summed E-state index contributed by atoms with van der Waals surface area (Å²) in [6.07, 6.45) is 1.84. The minimum absolute atomic E-state index is 0. The zero-order valence-electron chi connectivity index (χ0n) is 14.8. The number of nitrogens with one attached hydrogen (secondary N) is 1. The number of hydrogen-bond acceptors (Lipinski definition) is 4. The van der Waals surface area contributed by atoms with E-state index in [0.717, 1.165) is 50.9 Å². The van der Waals surface area contributed by atoms with Crippen molar-refractivity contribution in [2.75, 3.05) is 33.2 Å². The first kappa shape index (κ1) is 20.1. The first-order valence-electron chi connectivity index (χ1n) is 8.37. The van der Waals surface area contributed by atoms with Crippen molar-refractivity contribution in [3.8, 4) is 0 Å². The number of pyridine rings is 1. The number of thiophene rings is 1. The highest BCUT2D eigenvalue weighted by atomic mass is 127. The fourth-order valence-corrected chi connectivity index (χ4v) is 3.69. The minimum atomic E-state index is 0. The zero-order chi connectivity index (χ0) is 16.8. The van der Waals surface area contributed by atoms with E-state index < -0.39 is 0 Å². The highest BCUT2D eigenvalue weighted by Gasteiger charge is 2.19. The van der Waals surface area contributed by atoms with Gasteiger partial charge in [-0.05, 0) is 30.0 Å². The molecule has 0 aliphatic carbocycles. The van der Waals surface area contributed by atoms with Crippen LogP contribution < -0.4 is 5.32 Å². The van der Waals surface area contributed by atoms with Crippen molar-refractivity contribution in [2.24, 2.45) is 4.99 Å². The lowest BCUT2D eigenvalue weighted by Crippen LogP contribution is -2.52. The van der Waals surface area contributed by atoms with Gasteiger partial charge >= 0.3 is 0 Å². The van der Waals surface area contributed by atoms with Crippen LogP contribution in [0.4, 0.5) is 0 Å². The Bertz CT molecular complexity index is 666. The van der Waals surface area contributed by atoms with Crippen LogP contribution in [0.1, 0.15) is 16.1 Å². The molecule has 0 unspecified atom stereocenters. The Labute approximate surface area is 171 Å². The number of piperazine rings is 1. The van der Waals surface area contributed by atoms with Crippen molar-refractivity contribution < 1.29 is 0 Å². The van der Waals surface area contributed by atoms with E-state index in [9.17, 15) is 0 Å². The zero-order valence-corrected chi connectivity index (χ0v) is 18.0. The molecule has 0 radical (unpaired) electrons. The summed E-state index contributed by atoms with van der Waals surface area (Å²) in [5.74, 6) is 0.968. The van der Waals surface area contributed by atoms with Crippen LogP contribution in [0.5, 0.6) is 0 Å². The third-order valence-corrected chi connectivity index (χ3v) is 5.24. The van der Waals surface area contributed by atoms with Gasteiger partial charge in [0.1, 0.15) is 0 Å². The Balaban J connectivity index is 0.00000225. The Morgan fingerprint density at radius 2 is 2.04 bits per heavy atom. The quantitative estimate of drug-likeness (QED) is 0.423. The molecule has 0 amide bonds. The summed E-state index contributed by atoms with van der Waals surface area (Å²) in [6.45, 7) is 8.02. The summed E-state index contributed by atoms with van der Waals surface area (Å²) in [4.78, 5) is 15.2. The van der Waals surface area contributed by atoms with E-state index >= 15 is 0 Å². The van der Waals surface area contributed by atoms with Gasteiger partial charge in [0.2, 0.25) is 0 Å². The van der Waals surface area contributed by atoms with Gasteiger partial charge in [0.15, 0.2) is 5.96 Å². The fraction of sp³-hybridized carbons (Fsp3) is 0.444. The normalized spacial score (nSPS) is 15.8. The molecule has 5 nitrogen and oxygen atoms in total. The number of aromatic nitrogens is 1. The number of hydrogen-bond donors (Lipinski definition) is 1. The third kappa shape index (κ3) is 5.65. The molecule has 0 saturated carbocycles. The Morgan fingerprint density at radius 3 is 2.68 bits per heavy atom. The van der Waals surface area contributed by atoms with Crippen LogP contribution in [0.25, 0.3) is 0 Å². The highest BCUT2D eigenvalue weighted by Crippen LogP contribution is 2.13. The number of halogens is 1. The van der Waals surface area contributed by atoms with Gasteiger partial charge in [0, 0.05) is 50.8 Å². The Kier molecular flexibility index (Phi) is 8.11. The average molecular weight is 471 g/mol. The Hall–Kier alpha value is -1.19. The molecule has 1 fully saturated rings. The number of guanidine groups is 1. The average Bonchev–Trinajstić information content (AvgIpc) is 3.11. The van der Waals surface area contributed by atoms with Gasteiger partial charge in [-0.2, -0.15) is 0 Å². The molecule has 2 aromatic heterocycles. The lowest BCUT2D eigenvalue weighted by molar-refractivity contribution is 0.173. The van der Waals surface area contributed by atoms with Crippen LogP contribution in [0.3, 0.4) is 0 Å². The summed E-state index contributed by atoms with van der Waals surface area (Å²) in [7, 11) is 1.85. The van der Waals surface area contributed by atoms with Gasteiger partial charge < -0.3 is 10.2 Å². The first-order valence-corrected chi connectivity index (χ1v) is 9.25. The lowest BCUT2D eigenvalue weighted by atomic mass is 10.2. The maximum Gasteiger partial charge on any atom is 0.194 e. The molecule has 3 heterocycles. The maximum atomic E-state index is 4.44. The van der Waals surface area contributed by atoms with E-state index in [1.807, 2.05) is 30.6 Å². The SMILES string of the molecule is CN=C(NCc1ncccc1C)N1CCN(Cc2cccs2)CC1.I. The van der Waals surface area contributed by atoms with Gasteiger partial charge in [0.05, 0.1) is 12.2 Å². The monoisotopic (exact) mass is 471 g/mol. The number of aryl methyl sites for hydroxylation is 1. The van der Waals surface area contributed by atoms with Crippen molar-refractivity contribution in [1.82, 2.24) is 20.1 Å². The molecule has 1 aliphatic rings. The molecule has 1 aliphatic heterocycles. The van der Waals surface area contributed by atoms with Crippen molar-refractivity contribution in [1.29, 1.82) is 0 Å². The van der Waals surface area contributed by atoms with E-state index in [4.69, 9.17) is 0 Å². The second kappa shape index (κ2) is 10.1. The largest absolute Gasteiger partial charge is 0.351 e. The van der Waals surface area contributed by atoms with Gasteiger partial charge in [-0.25, -0.2) is 0 Å². The molecule has 3 rings (SSSR count). The second-order valence-corrected chi connectivity index (χ2v) is 7.04. The van der Waals surface area contributed by atoms with Crippen molar-refractivity contribution in [2.45, 2.75) is 20.0 Å². The molecule has 136 valence electrons. The molecule has 0 bridgehead atoms. The van der Waals surface area contributed by atoms with Crippen molar-refractivity contribution >= 4 is 41.3 Å². The van der Waals surface area contributed by atoms with Crippen LogP contribution >= 0.6 is 35.3 Å². The van der Waals surface area contributed by atoms with Crippen LogP contribution in [0.15, 0.2) is 40.8 Å². The number of rotatable bonds is 4. The first-order chi connectivity index (χ1) is 11.8. The molecule has 0 spiro atoms. The topological polar surface area (TPSA) is 43.8 Å². The second-order valence-electron chi connectivity index (χ2n) is 6.01. The van der Waals surface area contributed by atoms with E-state index in [1.165, 1.54) is 10.4 Å².